The van der Waals surface area contributed by atoms with Crippen LogP contribution in [0, 0.1) is 11.3 Å². The molecule has 1 atom stereocenters. The van der Waals surface area contributed by atoms with E-state index in [9.17, 15) is 0 Å². The lowest BCUT2D eigenvalue weighted by Gasteiger charge is -2.12. The van der Waals surface area contributed by atoms with E-state index in [2.05, 4.69) is 11.4 Å². The number of benzene rings is 1. The molecule has 1 aromatic carbocycles. The Morgan fingerprint density at radius 3 is 3.00 bits per heavy atom. The molecule has 0 aromatic heterocycles. The van der Waals surface area contributed by atoms with Crippen molar-refractivity contribution in [3.63, 3.8) is 0 Å². The standard InChI is InChI=1S/C11H12N2O/c12-7-9-3-1-2-4-11(9)14-10-5-6-13-8-10/h1-4,10,13H,5-6,8H2/t10-/m0/s1. The third-order valence-corrected chi connectivity index (χ3v) is 2.32. The molecule has 14 heavy (non-hydrogen) atoms. The van der Waals surface area contributed by atoms with Gasteiger partial charge in [-0.25, -0.2) is 0 Å². The predicted octanol–water partition coefficient (Wildman–Crippen LogP) is 1.30. The number of hydrogen-bond donors (Lipinski definition) is 1. The Kier molecular flexibility index (Phi) is 2.66. The lowest BCUT2D eigenvalue weighted by molar-refractivity contribution is 0.222. The number of hydrogen-bond acceptors (Lipinski definition) is 3. The molecule has 1 aliphatic rings. The minimum absolute atomic E-state index is 0.212. The second-order valence-electron chi connectivity index (χ2n) is 3.34. The van der Waals surface area contributed by atoms with Crippen molar-refractivity contribution in [3.8, 4) is 11.8 Å². The van der Waals surface area contributed by atoms with Crippen molar-refractivity contribution in [2.45, 2.75) is 12.5 Å². The molecule has 0 bridgehead atoms. The molecular formula is C11H12N2O. The lowest BCUT2D eigenvalue weighted by atomic mass is 10.2. The Morgan fingerprint density at radius 1 is 1.43 bits per heavy atom. The van der Waals surface area contributed by atoms with Gasteiger partial charge in [0.15, 0.2) is 0 Å². The van der Waals surface area contributed by atoms with Gasteiger partial charge in [0.2, 0.25) is 0 Å². The second kappa shape index (κ2) is 4.12. The van der Waals surface area contributed by atoms with Crippen molar-refractivity contribution in [3.05, 3.63) is 29.8 Å². The summed E-state index contributed by atoms with van der Waals surface area (Å²) in [7, 11) is 0. The Balaban J connectivity index is 2.11. The van der Waals surface area contributed by atoms with E-state index in [1.54, 1.807) is 6.07 Å². The largest absolute Gasteiger partial charge is 0.488 e. The molecule has 0 aliphatic carbocycles. The molecular weight excluding hydrogens is 176 g/mol. The molecule has 1 aliphatic heterocycles. The van der Waals surface area contributed by atoms with Crippen molar-refractivity contribution in [2.24, 2.45) is 0 Å². The van der Waals surface area contributed by atoms with Gasteiger partial charge < -0.3 is 10.1 Å². The van der Waals surface area contributed by atoms with E-state index in [-0.39, 0.29) is 6.10 Å². The maximum absolute atomic E-state index is 8.85. The average molecular weight is 188 g/mol. The second-order valence-corrected chi connectivity index (χ2v) is 3.34. The number of ether oxygens (including phenoxy) is 1. The van der Waals surface area contributed by atoms with Gasteiger partial charge in [-0.3, -0.25) is 0 Å². The molecule has 1 N–H and O–H groups in total. The van der Waals surface area contributed by atoms with Crippen LogP contribution in [0.2, 0.25) is 0 Å². The first kappa shape index (κ1) is 9.04. The van der Waals surface area contributed by atoms with Crippen LogP contribution in [0.3, 0.4) is 0 Å². The lowest BCUT2D eigenvalue weighted by Crippen LogP contribution is -2.19. The van der Waals surface area contributed by atoms with E-state index < -0.39 is 0 Å². The summed E-state index contributed by atoms with van der Waals surface area (Å²) in [4.78, 5) is 0. The van der Waals surface area contributed by atoms with Crippen LogP contribution in [-0.2, 0) is 0 Å². The Bertz CT molecular complexity index is 351. The SMILES string of the molecule is N#Cc1ccccc1O[C@H]1CCNC1. The zero-order valence-corrected chi connectivity index (χ0v) is 7.86. The number of rotatable bonds is 2. The summed E-state index contributed by atoms with van der Waals surface area (Å²) in [5, 5.41) is 12.1. The van der Waals surface area contributed by atoms with Crippen LogP contribution in [-0.4, -0.2) is 19.2 Å². The minimum atomic E-state index is 0.212. The number of nitrogens with zero attached hydrogens (tertiary/aromatic N) is 1. The fraction of sp³-hybridized carbons (Fsp3) is 0.364. The molecule has 1 saturated heterocycles. The predicted molar refractivity (Wildman–Crippen MR) is 53.1 cm³/mol. The van der Waals surface area contributed by atoms with E-state index in [0.717, 1.165) is 19.5 Å². The highest BCUT2D eigenvalue weighted by Gasteiger charge is 2.16. The van der Waals surface area contributed by atoms with E-state index in [1.807, 2.05) is 18.2 Å². The Hall–Kier alpha value is -1.53. The molecule has 0 unspecified atom stereocenters. The third kappa shape index (κ3) is 1.86. The number of nitriles is 1. The van der Waals surface area contributed by atoms with Crippen LogP contribution in [0.1, 0.15) is 12.0 Å². The van der Waals surface area contributed by atoms with Gasteiger partial charge in [-0.05, 0) is 25.1 Å². The number of para-hydroxylation sites is 1. The quantitative estimate of drug-likeness (QED) is 0.760. The first-order valence-corrected chi connectivity index (χ1v) is 4.76. The van der Waals surface area contributed by atoms with Crippen LogP contribution in [0.4, 0.5) is 0 Å². The molecule has 2 rings (SSSR count). The van der Waals surface area contributed by atoms with Gasteiger partial charge in [0.1, 0.15) is 17.9 Å². The zero-order chi connectivity index (χ0) is 9.80. The smallest absolute Gasteiger partial charge is 0.137 e. The van der Waals surface area contributed by atoms with Crippen LogP contribution in [0.5, 0.6) is 5.75 Å². The van der Waals surface area contributed by atoms with Gasteiger partial charge in [0.05, 0.1) is 5.56 Å². The summed E-state index contributed by atoms with van der Waals surface area (Å²) >= 11 is 0. The normalized spacial score (nSPS) is 20.4. The van der Waals surface area contributed by atoms with Crippen LogP contribution >= 0.6 is 0 Å². The molecule has 1 heterocycles. The van der Waals surface area contributed by atoms with Crippen LogP contribution in [0.15, 0.2) is 24.3 Å². The summed E-state index contributed by atoms with van der Waals surface area (Å²) in [6.07, 6.45) is 1.23. The fourth-order valence-corrected chi connectivity index (χ4v) is 1.57. The summed E-state index contributed by atoms with van der Waals surface area (Å²) < 4.78 is 5.71. The van der Waals surface area contributed by atoms with Gasteiger partial charge in [0, 0.05) is 6.54 Å². The van der Waals surface area contributed by atoms with Gasteiger partial charge in [-0.2, -0.15) is 5.26 Å². The van der Waals surface area contributed by atoms with Gasteiger partial charge in [-0.1, -0.05) is 12.1 Å². The van der Waals surface area contributed by atoms with Crippen molar-refractivity contribution in [2.75, 3.05) is 13.1 Å². The minimum Gasteiger partial charge on any atom is -0.488 e. The van der Waals surface area contributed by atoms with Crippen LogP contribution in [0.25, 0.3) is 0 Å². The van der Waals surface area contributed by atoms with Gasteiger partial charge >= 0.3 is 0 Å². The summed E-state index contributed by atoms with van der Waals surface area (Å²) in [5.41, 5.74) is 0.611. The topological polar surface area (TPSA) is 45.0 Å². The molecule has 0 amide bonds. The van der Waals surface area contributed by atoms with Crippen LogP contribution < -0.4 is 10.1 Å². The van der Waals surface area contributed by atoms with E-state index in [4.69, 9.17) is 10.00 Å². The highest BCUT2D eigenvalue weighted by Crippen LogP contribution is 2.19. The van der Waals surface area contributed by atoms with Crippen molar-refractivity contribution >= 4 is 0 Å². The molecule has 0 spiro atoms. The van der Waals surface area contributed by atoms with E-state index in [0.29, 0.717) is 11.3 Å². The summed E-state index contributed by atoms with van der Waals surface area (Å²) in [6.45, 7) is 1.87. The maximum atomic E-state index is 8.85. The Morgan fingerprint density at radius 2 is 2.29 bits per heavy atom. The summed E-state index contributed by atoms with van der Waals surface area (Å²) in [6, 6.07) is 9.48. The van der Waals surface area contributed by atoms with Crippen molar-refractivity contribution in [1.82, 2.24) is 5.32 Å². The van der Waals surface area contributed by atoms with Crippen molar-refractivity contribution in [1.29, 1.82) is 5.26 Å². The van der Waals surface area contributed by atoms with E-state index in [1.165, 1.54) is 0 Å². The molecule has 3 heteroatoms. The van der Waals surface area contributed by atoms with Gasteiger partial charge in [-0.15, -0.1) is 0 Å². The molecule has 72 valence electrons. The third-order valence-electron chi connectivity index (χ3n) is 2.32. The monoisotopic (exact) mass is 188 g/mol. The first-order valence-electron chi connectivity index (χ1n) is 4.76. The molecule has 0 saturated carbocycles. The molecule has 0 radical (unpaired) electrons. The number of nitrogens with one attached hydrogen (secondary N) is 1. The zero-order valence-electron chi connectivity index (χ0n) is 7.86. The Labute approximate surface area is 83.3 Å². The highest BCUT2D eigenvalue weighted by atomic mass is 16.5. The molecule has 3 nitrogen and oxygen atoms in total. The van der Waals surface area contributed by atoms with Gasteiger partial charge in [0.25, 0.3) is 0 Å². The highest BCUT2D eigenvalue weighted by molar-refractivity contribution is 5.42. The summed E-state index contributed by atoms with van der Waals surface area (Å²) in [5.74, 6) is 0.698. The molecule has 1 aromatic rings. The van der Waals surface area contributed by atoms with Crippen molar-refractivity contribution < 1.29 is 4.74 Å². The fourth-order valence-electron chi connectivity index (χ4n) is 1.57. The molecule has 1 fully saturated rings. The average Bonchev–Trinajstić information content (AvgIpc) is 2.71. The van der Waals surface area contributed by atoms with E-state index >= 15 is 0 Å². The maximum Gasteiger partial charge on any atom is 0.137 e. The first-order chi connectivity index (χ1) is 6.90.